The van der Waals surface area contributed by atoms with Crippen molar-refractivity contribution >= 4 is 17.0 Å². The maximum Gasteiger partial charge on any atom is 0.251 e. The van der Waals surface area contributed by atoms with Gasteiger partial charge in [-0.15, -0.1) is 11.3 Å². The van der Waals surface area contributed by atoms with Crippen LogP contribution in [0.5, 0.6) is 0 Å². The molecule has 1 aliphatic heterocycles. The molecule has 0 aromatic carbocycles. The zero-order valence-corrected chi connectivity index (χ0v) is 12.3. The second-order valence-corrected chi connectivity index (χ2v) is 6.33. The molecule has 1 aliphatic rings. The smallest absolute Gasteiger partial charge is 0.251 e. The Morgan fingerprint density at radius 1 is 1.29 bits per heavy atom. The molecule has 0 amide bonds. The average Bonchev–Trinajstić information content (AvgIpc) is 3.16. The Balaban J connectivity index is 1.87. The maximum absolute atomic E-state index is 11.9. The zero-order chi connectivity index (χ0) is 14.2. The molecule has 0 unspecified atom stereocenters. The molecule has 0 atom stereocenters. The Hall–Kier alpha value is -1.92. The molecule has 1 saturated heterocycles. The van der Waals surface area contributed by atoms with Gasteiger partial charge < -0.3 is 10.3 Å². The van der Waals surface area contributed by atoms with E-state index in [1.54, 1.807) is 17.4 Å². The summed E-state index contributed by atoms with van der Waals surface area (Å²) in [6.07, 6.45) is 2.10. The summed E-state index contributed by atoms with van der Waals surface area (Å²) in [5.41, 5.74) is 2.67. The van der Waals surface area contributed by atoms with Crippen LogP contribution in [-0.2, 0) is 0 Å². The summed E-state index contributed by atoms with van der Waals surface area (Å²) < 4.78 is 1.91. The minimum Gasteiger partial charge on any atom is -0.317 e. The van der Waals surface area contributed by atoms with E-state index in [0.29, 0.717) is 5.92 Å². The summed E-state index contributed by atoms with van der Waals surface area (Å²) in [6, 6.07) is 7.72. The van der Waals surface area contributed by atoms with Crippen LogP contribution in [0.3, 0.4) is 0 Å². The van der Waals surface area contributed by atoms with E-state index in [1.807, 2.05) is 22.0 Å². The summed E-state index contributed by atoms with van der Waals surface area (Å²) in [7, 11) is 0. The van der Waals surface area contributed by atoms with Gasteiger partial charge >= 0.3 is 0 Å². The molecular weight excluding hydrogens is 284 g/mol. The number of H-pyrrole nitrogens is 1. The Kier molecular flexibility index (Phi) is 3.12. The van der Waals surface area contributed by atoms with E-state index in [0.717, 1.165) is 47.8 Å². The Labute approximate surface area is 125 Å². The first-order chi connectivity index (χ1) is 10.3. The van der Waals surface area contributed by atoms with Crippen molar-refractivity contribution in [3.8, 4) is 10.6 Å². The number of hydrogen-bond donors (Lipinski definition) is 2. The van der Waals surface area contributed by atoms with E-state index in [4.69, 9.17) is 5.10 Å². The first kappa shape index (κ1) is 12.8. The number of aromatic amines is 1. The second kappa shape index (κ2) is 5.13. The monoisotopic (exact) mass is 300 g/mol. The van der Waals surface area contributed by atoms with Gasteiger partial charge in [-0.05, 0) is 37.4 Å². The van der Waals surface area contributed by atoms with Crippen LogP contribution < -0.4 is 10.9 Å². The molecule has 0 radical (unpaired) electrons. The minimum atomic E-state index is -0.0475. The molecule has 0 saturated carbocycles. The third kappa shape index (κ3) is 2.30. The topological polar surface area (TPSA) is 62.2 Å². The SMILES string of the molecule is O=c1cc(C2CCNCC2)n2nc(-c3cccs3)cc2[nH]1. The summed E-state index contributed by atoms with van der Waals surface area (Å²) in [6.45, 7) is 2.00. The number of aromatic nitrogens is 3. The number of fused-ring (bicyclic) bond motifs is 1. The van der Waals surface area contributed by atoms with Crippen molar-refractivity contribution in [1.82, 2.24) is 19.9 Å². The molecule has 4 heterocycles. The molecular formula is C15H16N4OS. The third-order valence-corrected chi connectivity index (χ3v) is 4.91. The Bertz CT molecular complexity index is 812. The van der Waals surface area contributed by atoms with Crippen LogP contribution >= 0.6 is 11.3 Å². The first-order valence-electron chi connectivity index (χ1n) is 7.19. The number of rotatable bonds is 2. The van der Waals surface area contributed by atoms with Crippen molar-refractivity contribution in [2.45, 2.75) is 18.8 Å². The lowest BCUT2D eigenvalue weighted by Gasteiger charge is -2.23. The van der Waals surface area contributed by atoms with E-state index in [1.165, 1.54) is 0 Å². The van der Waals surface area contributed by atoms with Crippen LogP contribution in [0.2, 0.25) is 0 Å². The molecule has 1 fully saturated rings. The molecule has 21 heavy (non-hydrogen) atoms. The van der Waals surface area contributed by atoms with Crippen molar-refractivity contribution in [2.24, 2.45) is 0 Å². The van der Waals surface area contributed by atoms with Gasteiger partial charge in [0.1, 0.15) is 11.3 Å². The summed E-state index contributed by atoms with van der Waals surface area (Å²) in [5.74, 6) is 0.395. The highest BCUT2D eigenvalue weighted by Gasteiger charge is 2.20. The fourth-order valence-corrected chi connectivity index (χ4v) is 3.66. The lowest BCUT2D eigenvalue weighted by Crippen LogP contribution is -2.28. The van der Waals surface area contributed by atoms with E-state index < -0.39 is 0 Å². The molecule has 0 spiro atoms. The van der Waals surface area contributed by atoms with Crippen LogP contribution in [0.25, 0.3) is 16.2 Å². The molecule has 0 bridgehead atoms. The molecule has 5 nitrogen and oxygen atoms in total. The molecule has 3 aromatic heterocycles. The molecule has 3 aromatic rings. The van der Waals surface area contributed by atoms with E-state index in [-0.39, 0.29) is 5.56 Å². The van der Waals surface area contributed by atoms with Gasteiger partial charge in [0, 0.05) is 18.1 Å². The lowest BCUT2D eigenvalue weighted by atomic mass is 9.94. The lowest BCUT2D eigenvalue weighted by molar-refractivity contribution is 0.446. The minimum absolute atomic E-state index is 0.0475. The third-order valence-electron chi connectivity index (χ3n) is 4.02. The van der Waals surface area contributed by atoms with E-state index in [2.05, 4.69) is 16.4 Å². The van der Waals surface area contributed by atoms with Crippen LogP contribution in [0.4, 0.5) is 0 Å². The molecule has 108 valence electrons. The van der Waals surface area contributed by atoms with Crippen LogP contribution in [0, 0.1) is 0 Å². The second-order valence-electron chi connectivity index (χ2n) is 5.39. The van der Waals surface area contributed by atoms with Gasteiger partial charge in [-0.1, -0.05) is 6.07 Å². The van der Waals surface area contributed by atoms with Crippen LogP contribution in [0.1, 0.15) is 24.5 Å². The molecule has 4 rings (SSSR count). The van der Waals surface area contributed by atoms with Crippen molar-refractivity contribution in [3.63, 3.8) is 0 Å². The van der Waals surface area contributed by atoms with Gasteiger partial charge in [0.15, 0.2) is 0 Å². The van der Waals surface area contributed by atoms with E-state index in [9.17, 15) is 4.79 Å². The van der Waals surface area contributed by atoms with Crippen molar-refractivity contribution in [2.75, 3.05) is 13.1 Å². The zero-order valence-electron chi connectivity index (χ0n) is 11.5. The van der Waals surface area contributed by atoms with E-state index >= 15 is 0 Å². The average molecular weight is 300 g/mol. The van der Waals surface area contributed by atoms with Crippen LogP contribution in [0.15, 0.2) is 34.4 Å². The summed E-state index contributed by atoms with van der Waals surface area (Å²) >= 11 is 1.66. The van der Waals surface area contributed by atoms with Crippen molar-refractivity contribution < 1.29 is 0 Å². The van der Waals surface area contributed by atoms with Crippen molar-refractivity contribution in [1.29, 1.82) is 0 Å². The van der Waals surface area contributed by atoms with Gasteiger partial charge in [-0.2, -0.15) is 5.10 Å². The number of nitrogens with one attached hydrogen (secondary N) is 2. The van der Waals surface area contributed by atoms with Crippen molar-refractivity contribution in [3.05, 3.63) is 45.7 Å². The molecule has 2 N–H and O–H groups in total. The maximum atomic E-state index is 11.9. The van der Waals surface area contributed by atoms with Gasteiger partial charge in [0.25, 0.3) is 5.56 Å². The fraction of sp³-hybridized carbons (Fsp3) is 0.333. The highest BCUT2D eigenvalue weighted by Crippen LogP contribution is 2.27. The van der Waals surface area contributed by atoms with Gasteiger partial charge in [0.2, 0.25) is 0 Å². The quantitative estimate of drug-likeness (QED) is 0.763. The van der Waals surface area contributed by atoms with Gasteiger partial charge in [0.05, 0.1) is 10.6 Å². The standard InChI is InChI=1S/C15H16N4OS/c20-15-9-12(10-3-5-16-6-4-10)19-14(17-15)8-11(18-19)13-2-1-7-21-13/h1-2,7-10,16H,3-6H2,(H,17,20). The first-order valence-corrected chi connectivity index (χ1v) is 8.07. The number of nitrogens with zero attached hydrogens (tertiary/aromatic N) is 2. The normalized spacial score (nSPS) is 16.6. The molecule has 0 aliphatic carbocycles. The Morgan fingerprint density at radius 2 is 2.14 bits per heavy atom. The predicted molar refractivity (Wildman–Crippen MR) is 84.0 cm³/mol. The van der Waals surface area contributed by atoms with Gasteiger partial charge in [-0.3, -0.25) is 4.79 Å². The highest BCUT2D eigenvalue weighted by atomic mass is 32.1. The fourth-order valence-electron chi connectivity index (χ4n) is 2.98. The Morgan fingerprint density at radius 3 is 2.90 bits per heavy atom. The summed E-state index contributed by atoms with van der Waals surface area (Å²) in [4.78, 5) is 15.9. The highest BCUT2D eigenvalue weighted by molar-refractivity contribution is 7.13. The summed E-state index contributed by atoms with van der Waals surface area (Å²) in [5, 5.41) is 10.1. The molecule has 6 heteroatoms. The largest absolute Gasteiger partial charge is 0.317 e. The number of piperidine rings is 1. The van der Waals surface area contributed by atoms with Crippen LogP contribution in [-0.4, -0.2) is 27.7 Å². The van der Waals surface area contributed by atoms with Gasteiger partial charge in [-0.25, -0.2) is 4.52 Å². The number of thiophene rings is 1. The number of hydrogen-bond acceptors (Lipinski definition) is 4. The predicted octanol–water partition coefficient (Wildman–Crippen LogP) is 2.22.